The van der Waals surface area contributed by atoms with Crippen molar-refractivity contribution in [2.45, 2.75) is 38.5 Å². The molecule has 146 valence electrons. The number of carbonyl (C=O) groups is 1. The van der Waals surface area contributed by atoms with Crippen molar-refractivity contribution in [2.75, 3.05) is 20.1 Å². The number of pyridine rings is 1. The van der Waals surface area contributed by atoms with Gasteiger partial charge in [-0.15, -0.1) is 0 Å². The first-order chi connectivity index (χ1) is 12.8. The molecule has 3 heterocycles. The van der Waals surface area contributed by atoms with Crippen molar-refractivity contribution in [1.82, 2.24) is 25.0 Å². The molecule has 2 aromatic rings. The average molecular weight is 381 g/mol. The number of hydrogen-bond donors (Lipinski definition) is 1. The quantitative estimate of drug-likeness (QED) is 0.885. The second-order valence-electron chi connectivity index (χ2n) is 6.83. The number of carbonyl (C=O) groups excluding carboxylic acids is 1. The number of likely N-dealkylation sites (tertiary alicyclic amines) is 1. The number of alkyl halides is 3. The maximum absolute atomic E-state index is 13.5. The molecule has 0 radical (unpaired) electrons. The molecule has 27 heavy (non-hydrogen) atoms. The van der Waals surface area contributed by atoms with E-state index in [0.29, 0.717) is 18.4 Å². The van der Waals surface area contributed by atoms with Gasteiger partial charge in [0.25, 0.3) is 5.91 Å². The van der Waals surface area contributed by atoms with Crippen LogP contribution < -0.4 is 5.32 Å². The zero-order valence-electron chi connectivity index (χ0n) is 15.3. The summed E-state index contributed by atoms with van der Waals surface area (Å²) in [6, 6.07) is 3.31. The summed E-state index contributed by atoms with van der Waals surface area (Å²) in [6.45, 7) is 3.20. The Balaban J connectivity index is 1.87. The fraction of sp³-hybridized carbons (Fsp3) is 0.500. The number of aromatic nitrogens is 3. The highest BCUT2D eigenvalue weighted by atomic mass is 19.4. The number of hydrogen-bond acceptors (Lipinski definition) is 4. The molecular weight excluding hydrogens is 359 g/mol. The Bertz CT molecular complexity index is 795. The molecule has 2 aromatic heterocycles. The van der Waals surface area contributed by atoms with Gasteiger partial charge in [-0.05, 0) is 51.5 Å². The predicted octanol–water partition coefficient (Wildman–Crippen LogP) is 2.80. The number of piperidine rings is 1. The van der Waals surface area contributed by atoms with Crippen LogP contribution in [-0.2, 0) is 12.7 Å². The van der Waals surface area contributed by atoms with E-state index in [4.69, 9.17) is 0 Å². The Morgan fingerprint density at radius 2 is 2.04 bits per heavy atom. The molecule has 0 unspecified atom stereocenters. The predicted molar refractivity (Wildman–Crippen MR) is 93.1 cm³/mol. The van der Waals surface area contributed by atoms with Crippen molar-refractivity contribution in [1.29, 1.82) is 0 Å². The number of halogens is 3. The van der Waals surface area contributed by atoms with E-state index >= 15 is 0 Å². The van der Waals surface area contributed by atoms with E-state index in [-0.39, 0.29) is 18.3 Å². The van der Waals surface area contributed by atoms with Crippen molar-refractivity contribution in [2.24, 2.45) is 0 Å². The molecule has 0 aliphatic carbocycles. The molecule has 9 heteroatoms. The van der Waals surface area contributed by atoms with Crippen LogP contribution in [0.25, 0.3) is 0 Å². The minimum absolute atomic E-state index is 0.100. The molecule has 0 aromatic carbocycles. The summed E-state index contributed by atoms with van der Waals surface area (Å²) in [7, 11) is 1.98. The molecule has 0 saturated carbocycles. The van der Waals surface area contributed by atoms with Gasteiger partial charge in [0.2, 0.25) is 0 Å². The van der Waals surface area contributed by atoms with Crippen LogP contribution in [0.15, 0.2) is 24.5 Å². The molecule has 0 spiro atoms. The Morgan fingerprint density at radius 3 is 2.63 bits per heavy atom. The normalized spacial score (nSPS) is 16.5. The van der Waals surface area contributed by atoms with E-state index in [1.54, 1.807) is 24.5 Å². The van der Waals surface area contributed by atoms with Gasteiger partial charge in [0.1, 0.15) is 0 Å². The van der Waals surface area contributed by atoms with Crippen LogP contribution in [0.4, 0.5) is 13.2 Å². The van der Waals surface area contributed by atoms with Crippen molar-refractivity contribution >= 4 is 5.91 Å². The van der Waals surface area contributed by atoms with Crippen LogP contribution in [0.5, 0.6) is 0 Å². The standard InChI is InChI=1S/C18H22F3N5O/c1-12-15(17(27)23-11-13-4-3-7-22-10-13)16(18(19,20)21)24-26(12)14-5-8-25(2)9-6-14/h3-4,7,10,14H,5-6,8-9,11H2,1-2H3,(H,23,27). The van der Waals surface area contributed by atoms with E-state index in [2.05, 4.69) is 20.3 Å². The highest BCUT2D eigenvalue weighted by Gasteiger charge is 2.41. The second kappa shape index (κ2) is 7.67. The Hall–Kier alpha value is -2.42. The van der Waals surface area contributed by atoms with Crippen LogP contribution >= 0.6 is 0 Å². The molecular formula is C18H22F3N5O. The van der Waals surface area contributed by atoms with E-state index in [1.165, 1.54) is 11.6 Å². The first kappa shape index (κ1) is 19.3. The third kappa shape index (κ3) is 4.29. The largest absolute Gasteiger partial charge is 0.435 e. The number of rotatable bonds is 4. The summed E-state index contributed by atoms with van der Waals surface area (Å²) >= 11 is 0. The molecule has 1 saturated heterocycles. The third-order valence-corrected chi connectivity index (χ3v) is 4.86. The maximum atomic E-state index is 13.5. The van der Waals surface area contributed by atoms with Gasteiger partial charge in [-0.2, -0.15) is 18.3 Å². The molecule has 1 aliphatic rings. The van der Waals surface area contributed by atoms with Gasteiger partial charge in [-0.25, -0.2) is 0 Å². The molecule has 1 N–H and O–H groups in total. The number of nitrogens with one attached hydrogen (secondary N) is 1. The highest BCUT2D eigenvalue weighted by Crippen LogP contribution is 2.35. The molecule has 1 fully saturated rings. The van der Waals surface area contributed by atoms with Gasteiger partial charge in [0.05, 0.1) is 11.6 Å². The molecule has 0 bridgehead atoms. The maximum Gasteiger partial charge on any atom is 0.435 e. The molecule has 3 rings (SSSR count). The van der Waals surface area contributed by atoms with E-state index in [9.17, 15) is 18.0 Å². The van der Waals surface area contributed by atoms with Crippen molar-refractivity contribution in [3.05, 3.63) is 47.0 Å². The first-order valence-corrected chi connectivity index (χ1v) is 8.79. The number of amides is 1. The summed E-state index contributed by atoms with van der Waals surface area (Å²) in [4.78, 5) is 18.6. The van der Waals surface area contributed by atoms with Gasteiger partial charge in [0.15, 0.2) is 5.69 Å². The van der Waals surface area contributed by atoms with Gasteiger partial charge < -0.3 is 10.2 Å². The lowest BCUT2D eigenvalue weighted by Crippen LogP contribution is -2.32. The van der Waals surface area contributed by atoms with Crippen molar-refractivity contribution in [3.8, 4) is 0 Å². The van der Waals surface area contributed by atoms with E-state index in [1.807, 2.05) is 7.05 Å². The van der Waals surface area contributed by atoms with Crippen LogP contribution in [0.3, 0.4) is 0 Å². The van der Waals surface area contributed by atoms with Gasteiger partial charge in [-0.3, -0.25) is 14.5 Å². The lowest BCUT2D eigenvalue weighted by molar-refractivity contribution is -0.142. The zero-order valence-corrected chi connectivity index (χ0v) is 15.3. The van der Waals surface area contributed by atoms with Crippen LogP contribution in [0.2, 0.25) is 0 Å². The smallest absolute Gasteiger partial charge is 0.348 e. The highest BCUT2D eigenvalue weighted by molar-refractivity contribution is 5.96. The number of nitrogens with zero attached hydrogens (tertiary/aromatic N) is 4. The van der Waals surface area contributed by atoms with Crippen LogP contribution in [0.1, 0.15) is 46.2 Å². The summed E-state index contributed by atoms with van der Waals surface area (Å²) in [5.41, 5.74) is -0.562. The Morgan fingerprint density at radius 1 is 1.33 bits per heavy atom. The van der Waals surface area contributed by atoms with Gasteiger partial charge in [0, 0.05) is 24.6 Å². The summed E-state index contributed by atoms with van der Waals surface area (Å²) in [5, 5.41) is 6.36. The van der Waals surface area contributed by atoms with Crippen LogP contribution in [-0.4, -0.2) is 45.7 Å². The Kier molecular flexibility index (Phi) is 5.50. The van der Waals surface area contributed by atoms with Crippen LogP contribution in [0, 0.1) is 6.92 Å². The zero-order chi connectivity index (χ0) is 19.6. The Labute approximate surface area is 155 Å². The van der Waals surface area contributed by atoms with Gasteiger partial charge in [-0.1, -0.05) is 6.07 Å². The minimum Gasteiger partial charge on any atom is -0.348 e. The molecule has 1 aliphatic heterocycles. The van der Waals surface area contributed by atoms with E-state index in [0.717, 1.165) is 13.1 Å². The average Bonchev–Trinajstić information content (AvgIpc) is 2.99. The van der Waals surface area contributed by atoms with Gasteiger partial charge >= 0.3 is 6.18 Å². The summed E-state index contributed by atoms with van der Waals surface area (Å²) in [6.07, 6.45) is -0.148. The topological polar surface area (TPSA) is 63.1 Å². The fourth-order valence-corrected chi connectivity index (χ4v) is 3.36. The minimum atomic E-state index is -4.69. The lowest BCUT2D eigenvalue weighted by Gasteiger charge is -2.29. The molecule has 0 atom stereocenters. The molecule has 6 nitrogen and oxygen atoms in total. The lowest BCUT2D eigenvalue weighted by atomic mass is 10.1. The summed E-state index contributed by atoms with van der Waals surface area (Å²) in [5.74, 6) is -0.775. The van der Waals surface area contributed by atoms with E-state index < -0.39 is 23.3 Å². The summed E-state index contributed by atoms with van der Waals surface area (Å²) < 4.78 is 41.9. The monoisotopic (exact) mass is 381 g/mol. The first-order valence-electron chi connectivity index (χ1n) is 8.79. The SMILES string of the molecule is Cc1c(C(=O)NCc2cccnc2)c(C(F)(F)F)nn1C1CCN(C)CC1. The fourth-order valence-electron chi connectivity index (χ4n) is 3.36. The second-order valence-corrected chi connectivity index (χ2v) is 6.83. The van der Waals surface area contributed by atoms with Crippen molar-refractivity contribution in [3.63, 3.8) is 0 Å². The van der Waals surface area contributed by atoms with Crippen molar-refractivity contribution < 1.29 is 18.0 Å². The third-order valence-electron chi connectivity index (χ3n) is 4.86. The molecule has 1 amide bonds.